The Hall–Kier alpha value is -0.420. The first kappa shape index (κ1) is 22.4. The molecule has 0 aromatic carbocycles. The Morgan fingerprint density at radius 2 is 1.68 bits per heavy atom. The summed E-state index contributed by atoms with van der Waals surface area (Å²) >= 11 is 0. The lowest BCUT2D eigenvalue weighted by atomic mass is 9.43. The van der Waals surface area contributed by atoms with Gasteiger partial charge in [-0.15, -0.1) is 0 Å². The van der Waals surface area contributed by atoms with Crippen LogP contribution < -0.4 is 5.32 Å². The van der Waals surface area contributed by atoms with E-state index in [4.69, 9.17) is 0 Å². The first-order valence-electron chi connectivity index (χ1n) is 12.8. The van der Waals surface area contributed by atoms with Crippen molar-refractivity contribution in [1.82, 2.24) is 10.2 Å². The first-order chi connectivity index (χ1) is 14.5. The van der Waals surface area contributed by atoms with Crippen LogP contribution in [0.5, 0.6) is 0 Å². The monoisotopic (exact) mass is 430 g/mol. The number of aliphatic hydroxyl groups is 2. The van der Waals surface area contributed by atoms with Crippen molar-refractivity contribution in [2.75, 3.05) is 27.7 Å². The second kappa shape index (κ2) is 6.58. The van der Waals surface area contributed by atoms with Gasteiger partial charge in [0.2, 0.25) is 0 Å². The van der Waals surface area contributed by atoms with Crippen LogP contribution in [0.15, 0.2) is 12.2 Å². The molecule has 11 atom stereocenters. The van der Waals surface area contributed by atoms with E-state index in [9.17, 15) is 10.2 Å². The smallest absolute Gasteiger partial charge is 0.0594 e. The maximum Gasteiger partial charge on any atom is 0.0594 e. The zero-order valence-corrected chi connectivity index (χ0v) is 20.9. The van der Waals surface area contributed by atoms with Crippen molar-refractivity contribution >= 4 is 0 Å². The topological polar surface area (TPSA) is 55.7 Å². The fourth-order valence-electron chi connectivity index (χ4n) is 10.4. The van der Waals surface area contributed by atoms with Gasteiger partial charge < -0.3 is 20.4 Å². The highest BCUT2D eigenvalue weighted by Crippen LogP contribution is 2.87. The minimum atomic E-state index is -0.217. The second-order valence-corrected chi connectivity index (χ2v) is 13.2. The maximum absolute atomic E-state index is 11.4. The zero-order valence-electron chi connectivity index (χ0n) is 20.9. The molecule has 176 valence electrons. The van der Waals surface area contributed by atoms with Gasteiger partial charge in [0.15, 0.2) is 0 Å². The highest BCUT2D eigenvalue weighted by Gasteiger charge is 2.82. The van der Waals surface area contributed by atoms with Crippen molar-refractivity contribution in [3.8, 4) is 0 Å². The Labute approximate surface area is 189 Å². The molecular weight excluding hydrogens is 384 g/mol. The van der Waals surface area contributed by atoms with Gasteiger partial charge in [0.25, 0.3) is 0 Å². The number of nitrogens with one attached hydrogen (secondary N) is 1. The molecule has 0 heterocycles. The van der Waals surface area contributed by atoms with Crippen molar-refractivity contribution in [3.63, 3.8) is 0 Å². The molecule has 3 N–H and O–H groups in total. The van der Waals surface area contributed by atoms with Crippen molar-refractivity contribution in [2.45, 2.75) is 84.4 Å². The van der Waals surface area contributed by atoms with Crippen LogP contribution in [0.2, 0.25) is 0 Å². The van der Waals surface area contributed by atoms with Gasteiger partial charge in [0.05, 0.1) is 12.7 Å². The Morgan fingerprint density at radius 1 is 1.03 bits per heavy atom. The number of allylic oxidation sites excluding steroid dienone is 2. The van der Waals surface area contributed by atoms with Crippen molar-refractivity contribution in [2.24, 2.45) is 44.8 Å². The van der Waals surface area contributed by atoms with E-state index < -0.39 is 0 Å². The summed E-state index contributed by atoms with van der Waals surface area (Å²) in [5.41, 5.74) is 0.954. The molecule has 5 aliphatic carbocycles. The number of nitrogens with zero attached hydrogens (tertiary/aromatic N) is 1. The van der Waals surface area contributed by atoms with Gasteiger partial charge in [-0.3, -0.25) is 0 Å². The van der Waals surface area contributed by atoms with Crippen LogP contribution >= 0.6 is 0 Å². The maximum atomic E-state index is 11.4. The number of fused-ring (bicyclic) bond motifs is 2. The molecule has 4 saturated carbocycles. The number of hydrogen-bond acceptors (Lipinski definition) is 4. The summed E-state index contributed by atoms with van der Waals surface area (Å²) in [6.45, 7) is 9.91. The van der Waals surface area contributed by atoms with Crippen LogP contribution in [0.3, 0.4) is 0 Å². The summed E-state index contributed by atoms with van der Waals surface area (Å²) in [7, 11) is 6.39. The van der Waals surface area contributed by atoms with Crippen LogP contribution in [-0.4, -0.2) is 61.1 Å². The molecule has 0 bridgehead atoms. The third-order valence-corrected chi connectivity index (χ3v) is 12.5. The van der Waals surface area contributed by atoms with E-state index in [0.29, 0.717) is 40.7 Å². The Kier molecular flexibility index (Phi) is 4.75. The quantitative estimate of drug-likeness (QED) is 0.596. The molecule has 4 fully saturated rings. The molecule has 4 nitrogen and oxygen atoms in total. The summed E-state index contributed by atoms with van der Waals surface area (Å²) in [4.78, 5) is 2.31. The lowest BCUT2D eigenvalue weighted by molar-refractivity contribution is -0.111. The molecule has 0 aliphatic heterocycles. The van der Waals surface area contributed by atoms with Crippen molar-refractivity contribution in [1.29, 1.82) is 0 Å². The predicted molar refractivity (Wildman–Crippen MR) is 126 cm³/mol. The summed E-state index contributed by atoms with van der Waals surface area (Å²) in [6, 6.07) is 0.767. The average molecular weight is 431 g/mol. The SMILES string of the molecule is CNC1CCC23CC24CCC2(C)C(C(C)N(C)C)C(O)CC2(C)C4C=CC3C1(C)CO. The molecule has 4 heteroatoms. The number of hydrogen-bond donors (Lipinski definition) is 3. The first-order valence-corrected chi connectivity index (χ1v) is 12.8. The predicted octanol–water partition coefficient (Wildman–Crippen LogP) is 3.68. The molecule has 0 amide bonds. The Balaban J connectivity index is 1.57. The van der Waals surface area contributed by atoms with Gasteiger partial charge in [-0.25, -0.2) is 0 Å². The van der Waals surface area contributed by atoms with Crippen LogP contribution in [0.4, 0.5) is 0 Å². The van der Waals surface area contributed by atoms with Gasteiger partial charge in [-0.2, -0.15) is 0 Å². The minimum absolute atomic E-state index is 0.0865. The molecule has 0 aromatic heterocycles. The highest BCUT2D eigenvalue weighted by molar-refractivity contribution is 5.37. The molecule has 11 unspecified atom stereocenters. The largest absolute Gasteiger partial charge is 0.396 e. The van der Waals surface area contributed by atoms with Crippen LogP contribution in [-0.2, 0) is 0 Å². The van der Waals surface area contributed by atoms with Gasteiger partial charge >= 0.3 is 0 Å². The van der Waals surface area contributed by atoms with Crippen LogP contribution in [0, 0.1) is 44.8 Å². The van der Waals surface area contributed by atoms with E-state index in [2.05, 4.69) is 71.2 Å². The lowest BCUT2D eigenvalue weighted by Crippen LogP contribution is -2.59. The summed E-state index contributed by atoms with van der Waals surface area (Å²) < 4.78 is 0. The van der Waals surface area contributed by atoms with E-state index in [0.717, 1.165) is 6.42 Å². The Bertz CT molecular complexity index is 783. The molecule has 5 aliphatic rings. The fraction of sp³-hybridized carbons (Fsp3) is 0.926. The van der Waals surface area contributed by atoms with Crippen LogP contribution in [0.1, 0.15) is 66.2 Å². The molecule has 2 spiro atoms. The average Bonchev–Trinajstić information content (AvgIpc) is 3.33. The van der Waals surface area contributed by atoms with Gasteiger partial charge in [0, 0.05) is 23.4 Å². The summed E-state index contributed by atoms with van der Waals surface area (Å²) in [5, 5.41) is 25.5. The molecule has 0 aromatic rings. The van der Waals surface area contributed by atoms with Crippen molar-refractivity contribution in [3.05, 3.63) is 12.2 Å². The molecule has 0 radical (unpaired) electrons. The van der Waals surface area contributed by atoms with E-state index in [-0.39, 0.29) is 29.0 Å². The molecule has 31 heavy (non-hydrogen) atoms. The highest BCUT2D eigenvalue weighted by atomic mass is 16.3. The van der Waals surface area contributed by atoms with Gasteiger partial charge in [-0.05, 0) is 100 Å². The fourth-order valence-corrected chi connectivity index (χ4v) is 10.4. The lowest BCUT2D eigenvalue weighted by Gasteiger charge is -2.61. The van der Waals surface area contributed by atoms with Gasteiger partial charge in [-0.1, -0.05) is 32.9 Å². The van der Waals surface area contributed by atoms with Crippen LogP contribution in [0.25, 0.3) is 0 Å². The molecular formula is C27H46N2O2. The second-order valence-electron chi connectivity index (χ2n) is 13.2. The van der Waals surface area contributed by atoms with E-state index in [1.165, 1.54) is 32.1 Å². The molecule has 5 rings (SSSR count). The van der Waals surface area contributed by atoms with Crippen molar-refractivity contribution < 1.29 is 10.2 Å². The summed E-state index contributed by atoms with van der Waals surface area (Å²) in [5.74, 6) is 1.34. The normalized spacial score (nSPS) is 58.3. The molecule has 0 saturated heterocycles. The third-order valence-electron chi connectivity index (χ3n) is 12.5. The Morgan fingerprint density at radius 3 is 2.29 bits per heavy atom. The van der Waals surface area contributed by atoms with E-state index in [1.54, 1.807) is 0 Å². The van der Waals surface area contributed by atoms with E-state index in [1.807, 2.05) is 0 Å². The minimum Gasteiger partial charge on any atom is -0.396 e. The van der Waals surface area contributed by atoms with E-state index >= 15 is 0 Å². The number of aliphatic hydroxyl groups excluding tert-OH is 2. The zero-order chi connectivity index (χ0) is 22.6. The third kappa shape index (κ3) is 2.36. The standard InChI is InChI=1S/C27H46N2O2/c1-17(29(6)7)22-18(31)14-25(4)20-9-8-19-23(2,16-30)21(28-5)10-11-26(19)15-27(20,26)13-12-24(22,25)3/h8-9,17-22,28,30-31H,10-16H2,1-7H3. The number of rotatable bonds is 4. The van der Waals surface area contributed by atoms with Gasteiger partial charge in [0.1, 0.15) is 0 Å². The summed E-state index contributed by atoms with van der Waals surface area (Å²) in [6.07, 6.45) is 12.1.